The molecule has 0 fully saturated rings. The van der Waals surface area contributed by atoms with E-state index in [0.717, 1.165) is 30.4 Å². The van der Waals surface area contributed by atoms with Crippen molar-refractivity contribution in [2.24, 2.45) is 0 Å². The summed E-state index contributed by atoms with van der Waals surface area (Å²) in [5.41, 5.74) is 3.59. The summed E-state index contributed by atoms with van der Waals surface area (Å²) in [6.07, 6.45) is 2.62. The quantitative estimate of drug-likeness (QED) is 0.405. The summed E-state index contributed by atoms with van der Waals surface area (Å²) < 4.78 is 30.6. The highest BCUT2D eigenvalue weighted by molar-refractivity contribution is 7.91. The first-order valence-corrected chi connectivity index (χ1v) is 12.5. The minimum atomic E-state index is -3.59. The zero-order chi connectivity index (χ0) is 23.3. The molecule has 6 nitrogen and oxygen atoms in total. The molecular weight excluding hydrogens is 438 g/mol. The van der Waals surface area contributed by atoms with E-state index in [2.05, 4.69) is 5.32 Å². The molecule has 0 aliphatic heterocycles. The number of fused-ring (bicyclic) bond motifs is 1. The van der Waals surface area contributed by atoms with Gasteiger partial charge in [0.05, 0.1) is 17.1 Å². The number of esters is 1. The topological polar surface area (TPSA) is 89.5 Å². The second kappa shape index (κ2) is 10.0. The first-order chi connectivity index (χ1) is 15.9. The number of ether oxygens (including phenoxy) is 1. The SMILES string of the molecule is O=C(CCS(=O)(=O)c1ccc2c(c1)CCC2)Oc1cccc(C(=O)NCc2ccccc2)c1. The third-order valence-electron chi connectivity index (χ3n) is 5.63. The van der Waals surface area contributed by atoms with Gasteiger partial charge >= 0.3 is 5.97 Å². The lowest BCUT2D eigenvalue weighted by Crippen LogP contribution is -2.22. The van der Waals surface area contributed by atoms with E-state index in [1.165, 1.54) is 11.6 Å². The minimum absolute atomic E-state index is 0.197. The van der Waals surface area contributed by atoms with Crippen LogP contribution in [0.4, 0.5) is 0 Å². The van der Waals surface area contributed by atoms with Gasteiger partial charge in [-0.15, -0.1) is 0 Å². The Labute approximate surface area is 193 Å². The van der Waals surface area contributed by atoms with Gasteiger partial charge in [-0.25, -0.2) is 8.42 Å². The smallest absolute Gasteiger partial charge is 0.312 e. The van der Waals surface area contributed by atoms with Crippen LogP contribution in [0.2, 0.25) is 0 Å². The van der Waals surface area contributed by atoms with Crippen LogP contribution in [0.5, 0.6) is 5.75 Å². The van der Waals surface area contributed by atoms with Gasteiger partial charge in [0.2, 0.25) is 0 Å². The number of hydrogen-bond acceptors (Lipinski definition) is 5. The Morgan fingerprint density at radius 3 is 2.48 bits per heavy atom. The molecule has 0 radical (unpaired) electrons. The van der Waals surface area contributed by atoms with Crippen molar-refractivity contribution in [3.8, 4) is 5.75 Å². The largest absolute Gasteiger partial charge is 0.426 e. The molecule has 0 heterocycles. The van der Waals surface area contributed by atoms with E-state index in [9.17, 15) is 18.0 Å². The second-order valence-corrected chi connectivity index (χ2v) is 10.1. The Morgan fingerprint density at radius 1 is 0.879 bits per heavy atom. The van der Waals surface area contributed by atoms with Crippen LogP contribution in [-0.2, 0) is 34.0 Å². The van der Waals surface area contributed by atoms with Crippen LogP contribution in [0, 0.1) is 0 Å². The summed E-state index contributed by atoms with van der Waals surface area (Å²) in [7, 11) is -3.59. The Hall–Kier alpha value is -3.45. The maximum atomic E-state index is 12.7. The lowest BCUT2D eigenvalue weighted by atomic mass is 10.1. The van der Waals surface area contributed by atoms with Crippen molar-refractivity contribution in [2.75, 3.05) is 5.75 Å². The average molecular weight is 464 g/mol. The van der Waals surface area contributed by atoms with Gasteiger partial charge in [0.25, 0.3) is 5.91 Å². The molecule has 1 aliphatic carbocycles. The van der Waals surface area contributed by atoms with Gasteiger partial charge in [-0.1, -0.05) is 42.5 Å². The van der Waals surface area contributed by atoms with Crippen molar-refractivity contribution in [3.05, 3.63) is 95.1 Å². The fraction of sp³-hybridized carbons (Fsp3) is 0.231. The van der Waals surface area contributed by atoms with Crippen molar-refractivity contribution < 1.29 is 22.7 Å². The molecule has 0 unspecified atom stereocenters. The number of carbonyl (C=O) groups is 2. The Bertz CT molecular complexity index is 1270. The van der Waals surface area contributed by atoms with Gasteiger partial charge < -0.3 is 10.1 Å². The molecule has 170 valence electrons. The van der Waals surface area contributed by atoms with E-state index in [4.69, 9.17) is 4.74 Å². The van der Waals surface area contributed by atoms with Gasteiger partial charge in [0, 0.05) is 12.1 Å². The number of sulfone groups is 1. The number of rotatable bonds is 8. The number of hydrogen-bond donors (Lipinski definition) is 1. The molecule has 3 aromatic rings. The molecule has 0 bridgehead atoms. The van der Waals surface area contributed by atoms with Crippen LogP contribution in [0.15, 0.2) is 77.7 Å². The molecule has 0 spiro atoms. The van der Waals surface area contributed by atoms with Gasteiger partial charge in [0.1, 0.15) is 5.75 Å². The molecule has 0 saturated heterocycles. The van der Waals surface area contributed by atoms with E-state index in [1.54, 1.807) is 30.3 Å². The molecule has 33 heavy (non-hydrogen) atoms. The molecule has 0 aromatic heterocycles. The first-order valence-electron chi connectivity index (χ1n) is 10.9. The number of benzene rings is 3. The lowest BCUT2D eigenvalue weighted by molar-refractivity contribution is -0.133. The number of carbonyl (C=O) groups excluding carboxylic acids is 2. The zero-order valence-electron chi connectivity index (χ0n) is 18.1. The van der Waals surface area contributed by atoms with Crippen molar-refractivity contribution in [1.82, 2.24) is 5.32 Å². The van der Waals surface area contributed by atoms with Crippen molar-refractivity contribution in [1.29, 1.82) is 0 Å². The molecule has 1 aliphatic rings. The number of aryl methyl sites for hydroxylation is 2. The van der Waals surface area contributed by atoms with Gasteiger partial charge in [-0.2, -0.15) is 0 Å². The molecular formula is C26H25NO5S. The van der Waals surface area contributed by atoms with Crippen LogP contribution in [0.25, 0.3) is 0 Å². The highest BCUT2D eigenvalue weighted by Gasteiger charge is 2.20. The maximum Gasteiger partial charge on any atom is 0.312 e. The van der Waals surface area contributed by atoms with E-state index in [0.29, 0.717) is 12.1 Å². The fourth-order valence-electron chi connectivity index (χ4n) is 3.84. The molecule has 0 atom stereocenters. The third-order valence-corrected chi connectivity index (χ3v) is 7.34. The molecule has 4 rings (SSSR count). The monoisotopic (exact) mass is 463 g/mol. The lowest BCUT2D eigenvalue weighted by Gasteiger charge is -2.09. The van der Waals surface area contributed by atoms with E-state index < -0.39 is 15.8 Å². The minimum Gasteiger partial charge on any atom is -0.426 e. The van der Waals surface area contributed by atoms with Crippen LogP contribution >= 0.6 is 0 Å². The van der Waals surface area contributed by atoms with E-state index in [1.807, 2.05) is 36.4 Å². The summed E-state index contributed by atoms with van der Waals surface area (Å²) in [4.78, 5) is 24.9. The Kier molecular flexibility index (Phi) is 6.89. The van der Waals surface area contributed by atoms with E-state index in [-0.39, 0.29) is 28.7 Å². The molecule has 0 saturated carbocycles. The Balaban J connectivity index is 1.32. The van der Waals surface area contributed by atoms with Crippen molar-refractivity contribution in [3.63, 3.8) is 0 Å². The highest BCUT2D eigenvalue weighted by Crippen LogP contribution is 2.25. The maximum absolute atomic E-state index is 12.7. The average Bonchev–Trinajstić information content (AvgIpc) is 3.30. The predicted molar refractivity (Wildman–Crippen MR) is 125 cm³/mol. The summed E-state index contributed by atoms with van der Waals surface area (Å²) >= 11 is 0. The van der Waals surface area contributed by atoms with Gasteiger partial charge in [0.15, 0.2) is 9.84 Å². The number of amides is 1. The molecule has 3 aromatic carbocycles. The van der Waals surface area contributed by atoms with Gasteiger partial charge in [-0.05, 0) is 66.3 Å². The van der Waals surface area contributed by atoms with Crippen LogP contribution in [0.3, 0.4) is 0 Å². The van der Waals surface area contributed by atoms with Crippen molar-refractivity contribution in [2.45, 2.75) is 37.1 Å². The summed E-state index contributed by atoms with van der Waals surface area (Å²) in [5.74, 6) is -1.10. The molecule has 1 N–H and O–H groups in total. The van der Waals surface area contributed by atoms with Crippen LogP contribution in [0.1, 0.15) is 39.9 Å². The zero-order valence-corrected chi connectivity index (χ0v) is 18.9. The summed E-state index contributed by atoms with van der Waals surface area (Å²) in [6.45, 7) is 0.379. The van der Waals surface area contributed by atoms with Crippen LogP contribution in [-0.4, -0.2) is 26.0 Å². The second-order valence-electron chi connectivity index (χ2n) is 8.02. The van der Waals surface area contributed by atoms with Gasteiger partial charge in [-0.3, -0.25) is 9.59 Å². The summed E-state index contributed by atoms with van der Waals surface area (Å²) in [6, 6.07) is 21.0. The normalized spacial score (nSPS) is 12.7. The molecule has 7 heteroatoms. The first kappa shape index (κ1) is 22.7. The van der Waals surface area contributed by atoms with E-state index >= 15 is 0 Å². The number of nitrogens with one attached hydrogen (secondary N) is 1. The Morgan fingerprint density at radius 2 is 1.67 bits per heavy atom. The fourth-order valence-corrected chi connectivity index (χ4v) is 5.11. The third kappa shape index (κ3) is 5.87. The standard InChI is InChI=1S/C26H25NO5S/c28-25(14-15-33(30,31)24-13-12-20-8-4-9-21(20)17-24)32-23-11-5-10-22(16-23)26(29)27-18-19-6-2-1-3-7-19/h1-3,5-7,10-13,16-17H,4,8-9,14-15,18H2,(H,27,29). The van der Waals surface area contributed by atoms with Crippen molar-refractivity contribution >= 4 is 21.7 Å². The predicted octanol–water partition coefficient (Wildman–Crippen LogP) is 3.87. The van der Waals surface area contributed by atoms with Crippen LogP contribution < -0.4 is 10.1 Å². The molecule has 1 amide bonds. The summed E-state index contributed by atoms with van der Waals surface area (Å²) in [5, 5.41) is 2.82. The highest BCUT2D eigenvalue weighted by atomic mass is 32.2.